The van der Waals surface area contributed by atoms with Crippen molar-refractivity contribution in [2.75, 3.05) is 0 Å². The minimum atomic E-state index is -1.03. The summed E-state index contributed by atoms with van der Waals surface area (Å²) in [6.45, 7) is 9.98. The van der Waals surface area contributed by atoms with Gasteiger partial charge in [0.05, 0.1) is 16.7 Å². The molecule has 4 atom stereocenters. The number of rotatable bonds is 4. The Morgan fingerprint density at radius 2 is 1.96 bits per heavy atom. The van der Waals surface area contributed by atoms with E-state index < -0.39 is 5.60 Å². The minimum absolute atomic E-state index is 0.1000. The van der Waals surface area contributed by atoms with Crippen LogP contribution < -0.4 is 4.74 Å². The molecule has 1 aliphatic heterocycles. The quantitative estimate of drug-likeness (QED) is 0.798. The zero-order valence-corrected chi connectivity index (χ0v) is 17.2. The maximum absolute atomic E-state index is 11.4. The van der Waals surface area contributed by atoms with Crippen molar-refractivity contribution in [2.45, 2.75) is 64.7 Å². The van der Waals surface area contributed by atoms with Crippen molar-refractivity contribution in [3.05, 3.63) is 40.4 Å². The minimum Gasteiger partial charge on any atom is -0.488 e. The molecule has 0 saturated heterocycles. The van der Waals surface area contributed by atoms with Gasteiger partial charge in [0.25, 0.3) is 0 Å². The number of halogens is 2. The number of hydrogen-bond donors (Lipinski definition) is 1. The van der Waals surface area contributed by atoms with E-state index in [1.807, 2.05) is 33.8 Å². The molecule has 5 nitrogen and oxygen atoms in total. The summed E-state index contributed by atoms with van der Waals surface area (Å²) >= 11 is 12.5. The maximum Gasteiger partial charge on any atom is 0.142 e. The molecule has 2 aromatic rings. The van der Waals surface area contributed by atoms with E-state index in [-0.39, 0.29) is 23.5 Å². The first-order valence-corrected chi connectivity index (χ1v) is 9.50. The van der Waals surface area contributed by atoms with Crippen LogP contribution in [0.1, 0.15) is 58.6 Å². The fraction of sp³-hybridized carbons (Fsp3) is 0.579. The van der Waals surface area contributed by atoms with Gasteiger partial charge in [-0.2, -0.15) is 5.10 Å². The van der Waals surface area contributed by atoms with Gasteiger partial charge in [0.1, 0.15) is 24.5 Å². The van der Waals surface area contributed by atoms with Crippen molar-refractivity contribution < 1.29 is 9.84 Å². The highest BCUT2D eigenvalue weighted by Gasteiger charge is 2.47. The molecule has 1 aliphatic rings. The fourth-order valence-electron chi connectivity index (χ4n) is 3.44. The van der Waals surface area contributed by atoms with Gasteiger partial charge < -0.3 is 9.84 Å². The van der Waals surface area contributed by atoms with E-state index >= 15 is 0 Å². The van der Waals surface area contributed by atoms with Crippen LogP contribution in [-0.4, -0.2) is 31.6 Å². The molecule has 0 spiro atoms. The third-order valence-electron chi connectivity index (χ3n) is 5.73. The first kappa shape index (κ1) is 19.5. The number of aromatic nitrogens is 3. The second-order valence-corrected chi connectivity index (χ2v) is 9.12. The summed E-state index contributed by atoms with van der Waals surface area (Å²) in [6, 6.07) is 3.29. The Morgan fingerprint density at radius 1 is 1.27 bits per heavy atom. The number of fused-ring (bicyclic) bond motifs is 1. The van der Waals surface area contributed by atoms with Crippen molar-refractivity contribution in [3.8, 4) is 5.75 Å². The molecule has 0 saturated carbocycles. The Labute approximate surface area is 164 Å². The van der Waals surface area contributed by atoms with Gasteiger partial charge in [-0.3, -0.25) is 0 Å². The van der Waals surface area contributed by atoms with Crippen molar-refractivity contribution >= 4 is 23.2 Å². The summed E-state index contributed by atoms with van der Waals surface area (Å²) in [5.41, 5.74) is -0.389. The summed E-state index contributed by atoms with van der Waals surface area (Å²) in [7, 11) is 0. The molecule has 0 radical (unpaired) electrons. The highest BCUT2D eigenvalue weighted by atomic mass is 35.5. The number of hydrogen-bond acceptors (Lipinski definition) is 4. The Bertz CT molecular complexity index is 785. The smallest absolute Gasteiger partial charge is 0.142 e. The zero-order valence-electron chi connectivity index (χ0n) is 15.7. The van der Waals surface area contributed by atoms with Gasteiger partial charge in [0.15, 0.2) is 0 Å². The number of nitrogens with zero attached hydrogens (tertiary/aromatic N) is 3. The monoisotopic (exact) mass is 397 g/mol. The third kappa shape index (κ3) is 3.32. The van der Waals surface area contributed by atoms with Crippen LogP contribution in [0, 0.1) is 5.41 Å². The molecule has 2 heterocycles. The van der Waals surface area contributed by atoms with Crippen LogP contribution in [0.5, 0.6) is 5.75 Å². The topological polar surface area (TPSA) is 60.2 Å². The lowest BCUT2D eigenvalue weighted by Crippen LogP contribution is -2.49. The average Bonchev–Trinajstić information content (AvgIpc) is 3.13. The molecular formula is C19H25Cl2N3O2. The van der Waals surface area contributed by atoms with Crippen LogP contribution in [0.2, 0.25) is 10.0 Å². The summed E-state index contributed by atoms with van der Waals surface area (Å²) < 4.78 is 7.90. The van der Waals surface area contributed by atoms with Crippen LogP contribution in [-0.2, 0) is 0 Å². The molecule has 26 heavy (non-hydrogen) atoms. The Balaban J connectivity index is 1.93. The van der Waals surface area contributed by atoms with E-state index in [0.29, 0.717) is 22.2 Å². The van der Waals surface area contributed by atoms with Gasteiger partial charge in [0.2, 0.25) is 0 Å². The van der Waals surface area contributed by atoms with Crippen LogP contribution in [0.4, 0.5) is 0 Å². The Kier molecular flexibility index (Phi) is 5.01. The van der Waals surface area contributed by atoms with Crippen molar-refractivity contribution in [3.63, 3.8) is 0 Å². The average molecular weight is 398 g/mol. The van der Waals surface area contributed by atoms with E-state index in [4.69, 9.17) is 27.9 Å². The molecular weight excluding hydrogens is 373 g/mol. The van der Waals surface area contributed by atoms with E-state index in [1.54, 1.807) is 17.1 Å². The Hall–Kier alpha value is -1.30. The van der Waals surface area contributed by atoms with Gasteiger partial charge in [-0.25, -0.2) is 9.67 Å². The largest absolute Gasteiger partial charge is 0.488 e. The molecule has 0 fully saturated rings. The highest BCUT2D eigenvalue weighted by Crippen LogP contribution is 2.48. The molecule has 142 valence electrons. The van der Waals surface area contributed by atoms with E-state index in [2.05, 4.69) is 17.0 Å². The lowest BCUT2D eigenvalue weighted by atomic mass is 9.71. The molecule has 1 aromatic carbocycles. The highest BCUT2D eigenvalue weighted by molar-refractivity contribution is 6.35. The summed E-state index contributed by atoms with van der Waals surface area (Å²) in [6.07, 6.45) is 3.54. The zero-order chi connectivity index (χ0) is 19.3. The van der Waals surface area contributed by atoms with Gasteiger partial charge in [-0.1, -0.05) is 50.9 Å². The molecule has 3 rings (SSSR count). The van der Waals surface area contributed by atoms with E-state index in [0.717, 1.165) is 5.56 Å². The Morgan fingerprint density at radius 3 is 2.54 bits per heavy atom. The standard InChI is InChI=1S/C19H25Cl2N3O2/c1-11-13-6-12(20)7-14(21)17(13)26-15(11)8-16(24-10-22-9-23-24)19(5,25)18(2,3)4/h6-7,9-11,15-16,25H,8H2,1-5H3. The first-order valence-electron chi connectivity index (χ1n) is 8.74. The van der Waals surface area contributed by atoms with E-state index in [9.17, 15) is 5.11 Å². The van der Waals surface area contributed by atoms with Gasteiger partial charge in [-0.15, -0.1) is 0 Å². The summed E-state index contributed by atoms with van der Waals surface area (Å²) in [5.74, 6) is 0.782. The van der Waals surface area contributed by atoms with Crippen molar-refractivity contribution in [1.82, 2.24) is 14.8 Å². The molecule has 1 aromatic heterocycles. The maximum atomic E-state index is 11.4. The number of aliphatic hydroxyl groups is 1. The van der Waals surface area contributed by atoms with Gasteiger partial charge >= 0.3 is 0 Å². The second-order valence-electron chi connectivity index (χ2n) is 8.28. The lowest BCUT2D eigenvalue weighted by Gasteiger charge is -2.44. The van der Waals surface area contributed by atoms with Crippen molar-refractivity contribution in [1.29, 1.82) is 0 Å². The molecule has 4 unspecified atom stereocenters. The molecule has 0 bridgehead atoms. The molecule has 7 heteroatoms. The molecule has 0 amide bonds. The summed E-state index contributed by atoms with van der Waals surface area (Å²) in [4.78, 5) is 4.06. The van der Waals surface area contributed by atoms with Crippen LogP contribution in [0.15, 0.2) is 24.8 Å². The first-order chi connectivity index (χ1) is 12.0. The lowest BCUT2D eigenvalue weighted by molar-refractivity contribution is -0.0958. The predicted molar refractivity (Wildman–Crippen MR) is 103 cm³/mol. The number of ether oxygens (including phenoxy) is 1. The van der Waals surface area contributed by atoms with Gasteiger partial charge in [0, 0.05) is 22.9 Å². The molecule has 0 aliphatic carbocycles. The SMILES string of the molecule is CC1c2cc(Cl)cc(Cl)c2OC1CC(n1cncn1)C(C)(O)C(C)(C)C. The van der Waals surface area contributed by atoms with Crippen molar-refractivity contribution in [2.24, 2.45) is 5.41 Å². The number of benzene rings is 1. The van der Waals surface area contributed by atoms with E-state index in [1.165, 1.54) is 6.33 Å². The van der Waals surface area contributed by atoms with Crippen LogP contribution >= 0.6 is 23.2 Å². The van der Waals surface area contributed by atoms with Crippen LogP contribution in [0.25, 0.3) is 0 Å². The normalized spacial score (nSPS) is 23.2. The molecule has 1 N–H and O–H groups in total. The second kappa shape index (κ2) is 6.70. The van der Waals surface area contributed by atoms with Gasteiger partial charge in [-0.05, 0) is 24.5 Å². The fourth-order valence-corrected chi connectivity index (χ4v) is 4.00. The van der Waals surface area contributed by atoms with Crippen LogP contribution in [0.3, 0.4) is 0 Å². The predicted octanol–water partition coefficient (Wildman–Crippen LogP) is 4.88. The summed E-state index contributed by atoms with van der Waals surface area (Å²) in [5, 5.41) is 16.8. The third-order valence-corrected chi connectivity index (χ3v) is 6.23.